The zero-order valence-corrected chi connectivity index (χ0v) is 12.0. The molecule has 94 valence electrons. The van der Waals surface area contributed by atoms with Gasteiger partial charge in [-0.2, -0.15) is 0 Å². The number of halogens is 1. The number of rotatable bonds is 4. The number of ether oxygens (including phenoxy) is 1. The lowest BCUT2D eigenvalue weighted by atomic mass is 9.76. The van der Waals surface area contributed by atoms with E-state index in [2.05, 4.69) is 20.9 Å². The maximum atomic E-state index is 5.98. The summed E-state index contributed by atoms with van der Waals surface area (Å²) in [4.78, 5) is 4.25. The topological polar surface area (TPSA) is 22.1 Å². The zero-order chi connectivity index (χ0) is 12.1. The second kappa shape index (κ2) is 5.85. The average molecular weight is 298 g/mol. The highest BCUT2D eigenvalue weighted by atomic mass is 79.9. The summed E-state index contributed by atoms with van der Waals surface area (Å²) in [6.07, 6.45) is 8.40. The van der Waals surface area contributed by atoms with Crippen LogP contribution in [0.4, 0.5) is 0 Å². The first-order valence-electron chi connectivity index (χ1n) is 6.36. The molecule has 0 spiro atoms. The van der Waals surface area contributed by atoms with Crippen LogP contribution in [0, 0.1) is 12.3 Å². The molecular weight excluding hydrogens is 278 g/mol. The zero-order valence-electron chi connectivity index (χ0n) is 10.4. The van der Waals surface area contributed by atoms with Crippen LogP contribution in [0.2, 0.25) is 0 Å². The lowest BCUT2D eigenvalue weighted by Gasteiger charge is -2.35. The van der Waals surface area contributed by atoms with Crippen LogP contribution in [-0.2, 0) is 0 Å². The monoisotopic (exact) mass is 297 g/mol. The van der Waals surface area contributed by atoms with Gasteiger partial charge in [0.2, 0.25) is 0 Å². The van der Waals surface area contributed by atoms with E-state index in [0.717, 1.165) is 23.4 Å². The Kier molecular flexibility index (Phi) is 4.43. The molecule has 1 heterocycles. The van der Waals surface area contributed by atoms with Crippen LogP contribution in [0.1, 0.15) is 37.8 Å². The van der Waals surface area contributed by atoms with Crippen LogP contribution in [0.3, 0.4) is 0 Å². The molecule has 0 amide bonds. The van der Waals surface area contributed by atoms with Crippen LogP contribution in [-0.4, -0.2) is 16.9 Å². The van der Waals surface area contributed by atoms with Crippen molar-refractivity contribution in [2.24, 2.45) is 5.41 Å². The molecule has 1 aliphatic rings. The second-order valence-electron chi connectivity index (χ2n) is 5.07. The van der Waals surface area contributed by atoms with Crippen molar-refractivity contribution in [2.75, 3.05) is 11.9 Å². The van der Waals surface area contributed by atoms with E-state index in [4.69, 9.17) is 4.74 Å². The summed E-state index contributed by atoms with van der Waals surface area (Å²) in [6.45, 7) is 2.81. The van der Waals surface area contributed by atoms with Gasteiger partial charge in [-0.25, -0.2) is 0 Å². The summed E-state index contributed by atoms with van der Waals surface area (Å²) < 4.78 is 5.98. The van der Waals surface area contributed by atoms with Crippen molar-refractivity contribution < 1.29 is 4.74 Å². The fourth-order valence-corrected chi connectivity index (χ4v) is 3.19. The molecule has 1 fully saturated rings. The minimum absolute atomic E-state index is 0.334. The number of hydrogen-bond acceptors (Lipinski definition) is 2. The first-order valence-corrected chi connectivity index (χ1v) is 7.48. The van der Waals surface area contributed by atoms with Crippen LogP contribution < -0.4 is 4.74 Å². The summed E-state index contributed by atoms with van der Waals surface area (Å²) in [5.74, 6) is 0.929. The molecule has 2 nitrogen and oxygen atoms in total. The lowest BCUT2D eigenvalue weighted by Crippen LogP contribution is -2.32. The summed E-state index contributed by atoms with van der Waals surface area (Å²) in [6, 6.07) is 3.94. The Morgan fingerprint density at radius 3 is 2.76 bits per heavy atom. The maximum absolute atomic E-state index is 5.98. The lowest BCUT2D eigenvalue weighted by molar-refractivity contribution is 0.121. The van der Waals surface area contributed by atoms with Gasteiger partial charge in [-0.15, -0.1) is 0 Å². The molecule has 0 atom stereocenters. The van der Waals surface area contributed by atoms with Crippen LogP contribution in [0.25, 0.3) is 0 Å². The first-order chi connectivity index (χ1) is 8.26. The summed E-state index contributed by atoms with van der Waals surface area (Å²) >= 11 is 3.66. The largest absolute Gasteiger partial charge is 0.491 e. The molecule has 3 heteroatoms. The number of hydrogen-bond donors (Lipinski definition) is 0. The van der Waals surface area contributed by atoms with Crippen molar-refractivity contribution in [3.8, 4) is 5.75 Å². The molecule has 0 aromatic carbocycles. The van der Waals surface area contributed by atoms with Crippen molar-refractivity contribution in [1.29, 1.82) is 0 Å². The molecule has 1 aliphatic carbocycles. The fourth-order valence-electron chi connectivity index (χ4n) is 2.47. The minimum atomic E-state index is 0.334. The smallest absolute Gasteiger partial charge is 0.140 e. The van der Waals surface area contributed by atoms with E-state index in [1.54, 1.807) is 0 Å². The van der Waals surface area contributed by atoms with E-state index < -0.39 is 0 Å². The molecule has 0 saturated heterocycles. The molecule has 0 radical (unpaired) electrons. The molecule has 1 aromatic heterocycles. The van der Waals surface area contributed by atoms with E-state index >= 15 is 0 Å². The molecule has 0 aliphatic heterocycles. The summed E-state index contributed by atoms with van der Waals surface area (Å²) in [5, 5.41) is 1.04. The van der Waals surface area contributed by atoms with Crippen LogP contribution in [0.15, 0.2) is 18.3 Å². The first kappa shape index (κ1) is 12.9. The standard InChI is InChI=1S/C14H20BrNO/c1-12-13(6-5-9-16-12)17-11-14(10-15)7-3-2-4-8-14/h5-6,9H,2-4,7-8,10-11H2,1H3. The van der Waals surface area contributed by atoms with E-state index in [9.17, 15) is 0 Å². The van der Waals surface area contributed by atoms with E-state index in [1.807, 2.05) is 25.3 Å². The molecule has 0 bridgehead atoms. The number of nitrogens with zero attached hydrogens (tertiary/aromatic N) is 1. The Balaban J connectivity index is 1.98. The normalized spacial score (nSPS) is 18.9. The molecule has 2 rings (SSSR count). The number of alkyl halides is 1. The molecule has 1 saturated carbocycles. The predicted octanol–water partition coefficient (Wildman–Crippen LogP) is 4.11. The third-order valence-corrected chi connectivity index (χ3v) is 4.88. The van der Waals surface area contributed by atoms with Crippen LogP contribution in [0.5, 0.6) is 5.75 Å². The highest BCUT2D eigenvalue weighted by Gasteiger charge is 2.31. The Morgan fingerprint density at radius 2 is 2.12 bits per heavy atom. The molecule has 17 heavy (non-hydrogen) atoms. The molecule has 1 aromatic rings. The predicted molar refractivity (Wildman–Crippen MR) is 73.8 cm³/mol. The molecular formula is C14H20BrNO. The number of aryl methyl sites for hydroxylation is 1. The Morgan fingerprint density at radius 1 is 1.35 bits per heavy atom. The second-order valence-corrected chi connectivity index (χ2v) is 5.63. The minimum Gasteiger partial charge on any atom is -0.491 e. The maximum Gasteiger partial charge on any atom is 0.140 e. The van der Waals surface area contributed by atoms with Gasteiger partial charge >= 0.3 is 0 Å². The Hall–Kier alpha value is -0.570. The van der Waals surface area contributed by atoms with Crippen molar-refractivity contribution in [2.45, 2.75) is 39.0 Å². The van der Waals surface area contributed by atoms with Gasteiger partial charge in [-0.05, 0) is 31.9 Å². The highest BCUT2D eigenvalue weighted by molar-refractivity contribution is 9.09. The van der Waals surface area contributed by atoms with Gasteiger partial charge in [-0.3, -0.25) is 4.98 Å². The third kappa shape index (κ3) is 3.21. The summed E-state index contributed by atoms with van der Waals surface area (Å²) in [5.41, 5.74) is 1.31. The Bertz CT molecular complexity index is 361. The Labute approximate surface area is 112 Å². The molecule has 0 N–H and O–H groups in total. The average Bonchev–Trinajstić information content (AvgIpc) is 2.39. The fraction of sp³-hybridized carbons (Fsp3) is 0.643. The van der Waals surface area contributed by atoms with E-state index in [-0.39, 0.29) is 0 Å². The molecule has 0 unspecified atom stereocenters. The van der Waals surface area contributed by atoms with E-state index in [0.29, 0.717) is 5.41 Å². The van der Waals surface area contributed by atoms with Gasteiger partial charge < -0.3 is 4.74 Å². The van der Waals surface area contributed by atoms with Crippen molar-refractivity contribution >= 4 is 15.9 Å². The highest BCUT2D eigenvalue weighted by Crippen LogP contribution is 2.38. The quantitative estimate of drug-likeness (QED) is 0.780. The number of aromatic nitrogens is 1. The van der Waals surface area contributed by atoms with Gasteiger partial charge in [0, 0.05) is 16.9 Å². The third-order valence-electron chi connectivity index (χ3n) is 3.69. The summed E-state index contributed by atoms with van der Waals surface area (Å²) in [7, 11) is 0. The number of pyridine rings is 1. The van der Waals surface area contributed by atoms with Gasteiger partial charge in [0.15, 0.2) is 0 Å². The van der Waals surface area contributed by atoms with Crippen molar-refractivity contribution in [3.05, 3.63) is 24.0 Å². The van der Waals surface area contributed by atoms with Crippen LogP contribution >= 0.6 is 15.9 Å². The van der Waals surface area contributed by atoms with Gasteiger partial charge in [0.25, 0.3) is 0 Å². The van der Waals surface area contributed by atoms with Gasteiger partial charge in [0.05, 0.1) is 12.3 Å². The van der Waals surface area contributed by atoms with Gasteiger partial charge in [0.1, 0.15) is 5.75 Å². The SMILES string of the molecule is Cc1ncccc1OCC1(CBr)CCCCC1. The van der Waals surface area contributed by atoms with Crippen molar-refractivity contribution in [3.63, 3.8) is 0 Å². The van der Waals surface area contributed by atoms with E-state index in [1.165, 1.54) is 32.1 Å². The van der Waals surface area contributed by atoms with Crippen molar-refractivity contribution in [1.82, 2.24) is 4.98 Å². The van der Waals surface area contributed by atoms with Gasteiger partial charge in [-0.1, -0.05) is 35.2 Å².